The fourth-order valence-corrected chi connectivity index (χ4v) is 2.53. The number of hydrogen-bond donors (Lipinski definition) is 2. The smallest absolute Gasteiger partial charge is 0.424 e. The zero-order chi connectivity index (χ0) is 22.0. The van der Waals surface area contributed by atoms with Crippen molar-refractivity contribution in [3.05, 3.63) is 42.5 Å². The maximum atomic E-state index is 13.0. The number of nitrogens with zero attached hydrogens (tertiary/aromatic N) is 1. The van der Waals surface area contributed by atoms with Gasteiger partial charge in [0.25, 0.3) is 0 Å². The van der Waals surface area contributed by atoms with Gasteiger partial charge < -0.3 is 20.9 Å². The topological polar surface area (TPSA) is 108 Å². The van der Waals surface area contributed by atoms with Crippen LogP contribution in [0.15, 0.2) is 42.5 Å². The van der Waals surface area contributed by atoms with Crippen LogP contribution in [0, 0.1) is 0 Å². The second-order valence-corrected chi connectivity index (χ2v) is 8.69. The Morgan fingerprint density at radius 1 is 0.759 bits per heavy atom. The first-order chi connectivity index (χ1) is 13.3. The lowest BCUT2D eigenvalue weighted by molar-refractivity contribution is 0.0431. The molecule has 2 amide bonds. The second kappa shape index (κ2) is 8.03. The highest BCUT2D eigenvalue weighted by molar-refractivity contribution is 6.12. The fraction of sp³-hybridized carbons (Fsp3) is 0.364. The minimum Gasteiger partial charge on any atom is -0.443 e. The lowest BCUT2D eigenvalue weighted by Crippen LogP contribution is -2.44. The summed E-state index contributed by atoms with van der Waals surface area (Å²) in [5, 5.41) is 0. The van der Waals surface area contributed by atoms with E-state index in [0.717, 1.165) is 10.5 Å². The molecule has 0 aliphatic heterocycles. The van der Waals surface area contributed by atoms with Crippen LogP contribution in [0.4, 0.5) is 26.7 Å². The Hall–Kier alpha value is -3.22. The Bertz CT molecular complexity index is 866. The molecule has 0 aliphatic rings. The molecule has 0 fully saturated rings. The summed E-state index contributed by atoms with van der Waals surface area (Å²) in [6, 6.07) is 12.0. The van der Waals surface area contributed by atoms with Crippen LogP contribution in [-0.4, -0.2) is 23.4 Å². The molecule has 0 saturated heterocycles. The average Bonchev–Trinajstić information content (AvgIpc) is 2.53. The standard InChI is InChI=1S/C22H29N3O4/c1-21(2,3)28-19(26)25(20(27)29-22(4,5)6)18-13-16(24)11-12-17(18)14-7-9-15(23)10-8-14/h7-13H,23-24H2,1-6H3. The summed E-state index contributed by atoms with van der Waals surface area (Å²) in [5.74, 6) is 0. The van der Waals surface area contributed by atoms with Gasteiger partial charge in [0.2, 0.25) is 0 Å². The second-order valence-electron chi connectivity index (χ2n) is 8.69. The summed E-state index contributed by atoms with van der Waals surface area (Å²) in [6.45, 7) is 10.3. The molecule has 4 N–H and O–H groups in total. The van der Waals surface area contributed by atoms with Crippen molar-refractivity contribution >= 4 is 29.2 Å². The predicted molar refractivity (Wildman–Crippen MR) is 116 cm³/mol. The summed E-state index contributed by atoms with van der Waals surface area (Å²) in [5.41, 5.74) is 12.8. The Kier molecular flexibility index (Phi) is 6.11. The van der Waals surface area contributed by atoms with Crippen molar-refractivity contribution in [2.45, 2.75) is 52.7 Å². The highest BCUT2D eigenvalue weighted by atomic mass is 16.6. The summed E-state index contributed by atoms with van der Waals surface area (Å²) in [7, 11) is 0. The first-order valence-electron chi connectivity index (χ1n) is 9.28. The number of amides is 2. The third-order valence-electron chi connectivity index (χ3n) is 3.64. The number of nitrogens with two attached hydrogens (primary N) is 2. The van der Waals surface area contributed by atoms with Crippen LogP contribution in [0.25, 0.3) is 11.1 Å². The molecular weight excluding hydrogens is 370 g/mol. The molecule has 0 bridgehead atoms. The number of rotatable bonds is 2. The minimum absolute atomic E-state index is 0.262. The minimum atomic E-state index is -0.853. The Balaban J connectivity index is 2.63. The number of ether oxygens (including phenoxy) is 2. The Labute approximate surface area is 171 Å². The molecule has 0 radical (unpaired) electrons. The molecule has 0 saturated carbocycles. The molecule has 0 aromatic heterocycles. The average molecular weight is 399 g/mol. The van der Waals surface area contributed by atoms with Crippen molar-refractivity contribution in [2.24, 2.45) is 0 Å². The highest BCUT2D eigenvalue weighted by Crippen LogP contribution is 2.35. The van der Waals surface area contributed by atoms with Gasteiger partial charge in [-0.05, 0) is 71.4 Å². The molecule has 2 aromatic rings. The molecule has 2 aromatic carbocycles. The van der Waals surface area contributed by atoms with Crippen LogP contribution in [0.5, 0.6) is 0 Å². The van der Waals surface area contributed by atoms with Crippen molar-refractivity contribution < 1.29 is 19.1 Å². The fourth-order valence-electron chi connectivity index (χ4n) is 2.53. The molecule has 0 aliphatic carbocycles. The third kappa shape index (κ3) is 6.14. The number of nitrogen functional groups attached to an aromatic ring is 2. The molecular formula is C22H29N3O4. The number of hydrogen-bond acceptors (Lipinski definition) is 6. The SMILES string of the molecule is CC(C)(C)OC(=O)N(C(=O)OC(C)(C)C)c1cc(N)ccc1-c1ccc(N)cc1. The van der Waals surface area contributed by atoms with E-state index < -0.39 is 23.4 Å². The normalized spacial score (nSPS) is 11.7. The molecule has 2 rings (SSSR count). The lowest BCUT2D eigenvalue weighted by Gasteiger charge is -2.29. The highest BCUT2D eigenvalue weighted by Gasteiger charge is 2.34. The number of anilines is 3. The van der Waals surface area contributed by atoms with Crippen molar-refractivity contribution in [3.8, 4) is 11.1 Å². The van der Waals surface area contributed by atoms with E-state index in [4.69, 9.17) is 20.9 Å². The summed E-state index contributed by atoms with van der Waals surface area (Å²) in [6.07, 6.45) is -1.71. The Morgan fingerprint density at radius 3 is 1.66 bits per heavy atom. The monoisotopic (exact) mass is 399 g/mol. The predicted octanol–water partition coefficient (Wildman–Crippen LogP) is 5.19. The van der Waals surface area contributed by atoms with Gasteiger partial charge in [-0.1, -0.05) is 18.2 Å². The summed E-state index contributed by atoms with van der Waals surface area (Å²) < 4.78 is 10.9. The van der Waals surface area contributed by atoms with Crippen molar-refractivity contribution in [3.63, 3.8) is 0 Å². The van der Waals surface area contributed by atoms with E-state index in [0.29, 0.717) is 16.9 Å². The summed E-state index contributed by atoms with van der Waals surface area (Å²) in [4.78, 5) is 26.8. The molecule has 7 heteroatoms. The van der Waals surface area contributed by atoms with Gasteiger partial charge in [0.05, 0.1) is 5.69 Å². The van der Waals surface area contributed by atoms with Gasteiger partial charge in [0, 0.05) is 16.9 Å². The van der Waals surface area contributed by atoms with Gasteiger partial charge >= 0.3 is 12.2 Å². The van der Waals surface area contributed by atoms with Crippen molar-refractivity contribution in [2.75, 3.05) is 16.4 Å². The molecule has 29 heavy (non-hydrogen) atoms. The van der Waals surface area contributed by atoms with Gasteiger partial charge in [-0.3, -0.25) is 0 Å². The van der Waals surface area contributed by atoms with E-state index >= 15 is 0 Å². The van der Waals surface area contributed by atoms with E-state index in [1.807, 2.05) is 0 Å². The molecule has 0 unspecified atom stereocenters. The third-order valence-corrected chi connectivity index (χ3v) is 3.64. The first-order valence-corrected chi connectivity index (χ1v) is 9.28. The molecule has 0 spiro atoms. The van der Waals surface area contributed by atoms with Crippen LogP contribution in [0.3, 0.4) is 0 Å². The van der Waals surface area contributed by atoms with Gasteiger partial charge in [0.15, 0.2) is 0 Å². The quantitative estimate of drug-likeness (QED) is 0.672. The van der Waals surface area contributed by atoms with Crippen LogP contribution >= 0.6 is 0 Å². The number of imide groups is 1. The van der Waals surface area contributed by atoms with E-state index in [9.17, 15) is 9.59 Å². The first kappa shape index (κ1) is 22.1. The van der Waals surface area contributed by atoms with E-state index in [1.165, 1.54) is 0 Å². The van der Waals surface area contributed by atoms with E-state index in [2.05, 4.69) is 0 Å². The zero-order valence-electron chi connectivity index (χ0n) is 17.8. The lowest BCUT2D eigenvalue weighted by atomic mass is 10.0. The van der Waals surface area contributed by atoms with Crippen LogP contribution < -0.4 is 16.4 Å². The Morgan fingerprint density at radius 2 is 1.21 bits per heavy atom. The van der Waals surface area contributed by atoms with Crippen molar-refractivity contribution in [1.82, 2.24) is 0 Å². The van der Waals surface area contributed by atoms with Gasteiger partial charge in [-0.2, -0.15) is 4.90 Å². The van der Waals surface area contributed by atoms with Crippen LogP contribution in [0.1, 0.15) is 41.5 Å². The van der Waals surface area contributed by atoms with Gasteiger partial charge in [0.1, 0.15) is 11.2 Å². The van der Waals surface area contributed by atoms with Crippen LogP contribution in [-0.2, 0) is 9.47 Å². The number of carbonyl (C=O) groups is 2. The molecule has 0 heterocycles. The number of carbonyl (C=O) groups excluding carboxylic acids is 2. The largest absolute Gasteiger partial charge is 0.443 e. The number of benzene rings is 2. The maximum absolute atomic E-state index is 13.0. The summed E-state index contributed by atoms with van der Waals surface area (Å²) >= 11 is 0. The van der Waals surface area contributed by atoms with E-state index in [-0.39, 0.29) is 5.69 Å². The van der Waals surface area contributed by atoms with Crippen molar-refractivity contribution in [1.29, 1.82) is 0 Å². The zero-order valence-corrected chi connectivity index (χ0v) is 17.8. The van der Waals surface area contributed by atoms with Crippen LogP contribution in [0.2, 0.25) is 0 Å². The molecule has 156 valence electrons. The van der Waals surface area contributed by atoms with Gasteiger partial charge in [-0.15, -0.1) is 0 Å². The maximum Gasteiger partial charge on any atom is 0.424 e. The molecule has 7 nitrogen and oxygen atoms in total. The van der Waals surface area contributed by atoms with E-state index in [1.54, 1.807) is 84.0 Å². The molecule has 0 atom stereocenters. The van der Waals surface area contributed by atoms with Gasteiger partial charge in [-0.25, -0.2) is 9.59 Å².